The molecule has 0 amide bonds. The Labute approximate surface area is 179 Å². The van der Waals surface area contributed by atoms with Gasteiger partial charge in [0.05, 0.1) is 12.8 Å². The fraction of sp³-hybridized carbons (Fsp3) is 0.250. The minimum Gasteiger partial charge on any atom is -0.486 e. The summed E-state index contributed by atoms with van der Waals surface area (Å²) in [6, 6.07) is 12.8. The zero-order chi connectivity index (χ0) is 21.8. The quantitative estimate of drug-likeness (QED) is 0.326. The van der Waals surface area contributed by atoms with E-state index in [1.165, 1.54) is 18.4 Å². The van der Waals surface area contributed by atoms with Crippen molar-refractivity contribution in [2.24, 2.45) is 0 Å². The number of furan rings is 1. The van der Waals surface area contributed by atoms with E-state index in [0.717, 1.165) is 17.1 Å². The van der Waals surface area contributed by atoms with Gasteiger partial charge in [-0.1, -0.05) is 12.1 Å². The molecule has 2 aromatic heterocycles. The van der Waals surface area contributed by atoms with E-state index in [0.29, 0.717) is 30.2 Å². The summed E-state index contributed by atoms with van der Waals surface area (Å²) in [6.45, 7) is 4.44. The van der Waals surface area contributed by atoms with Gasteiger partial charge in [-0.15, -0.1) is 0 Å². The Balaban J connectivity index is 1.37. The summed E-state index contributed by atoms with van der Waals surface area (Å²) in [7, 11) is 0. The first-order valence-corrected chi connectivity index (χ1v) is 9.98. The predicted octanol–water partition coefficient (Wildman–Crippen LogP) is 3.98. The molecule has 0 bridgehead atoms. The maximum Gasteiger partial charge on any atom is 0.331 e. The molecule has 3 aromatic rings. The zero-order valence-corrected chi connectivity index (χ0v) is 17.4. The highest BCUT2D eigenvalue weighted by atomic mass is 16.6. The van der Waals surface area contributed by atoms with Crippen LogP contribution >= 0.6 is 0 Å². The summed E-state index contributed by atoms with van der Waals surface area (Å²) in [6.07, 6.45) is 4.05. The van der Waals surface area contributed by atoms with Gasteiger partial charge in [-0.2, -0.15) is 0 Å². The van der Waals surface area contributed by atoms with Crippen molar-refractivity contribution >= 4 is 17.8 Å². The van der Waals surface area contributed by atoms with Crippen LogP contribution in [0.25, 0.3) is 6.08 Å². The van der Waals surface area contributed by atoms with Crippen LogP contribution in [0.1, 0.15) is 27.5 Å². The average Bonchev–Trinajstić information content (AvgIpc) is 3.40. The van der Waals surface area contributed by atoms with E-state index in [1.807, 2.05) is 48.7 Å². The third-order valence-corrected chi connectivity index (χ3v) is 5.10. The van der Waals surface area contributed by atoms with Crippen LogP contribution in [0.3, 0.4) is 0 Å². The molecule has 1 unspecified atom stereocenters. The van der Waals surface area contributed by atoms with Gasteiger partial charge in [0, 0.05) is 23.0 Å². The second kappa shape index (κ2) is 8.95. The van der Waals surface area contributed by atoms with Crippen molar-refractivity contribution in [2.75, 3.05) is 13.2 Å². The lowest BCUT2D eigenvalue weighted by molar-refractivity contribution is -0.136. The van der Waals surface area contributed by atoms with E-state index in [-0.39, 0.29) is 18.5 Å². The van der Waals surface area contributed by atoms with Crippen LogP contribution in [-0.2, 0) is 16.1 Å². The summed E-state index contributed by atoms with van der Waals surface area (Å²) in [5, 5.41) is 0. The van der Waals surface area contributed by atoms with E-state index in [9.17, 15) is 9.59 Å². The van der Waals surface area contributed by atoms with Gasteiger partial charge in [-0.3, -0.25) is 4.79 Å². The van der Waals surface area contributed by atoms with E-state index in [1.54, 1.807) is 12.1 Å². The van der Waals surface area contributed by atoms with Gasteiger partial charge in [-0.05, 0) is 50.3 Å². The molecule has 31 heavy (non-hydrogen) atoms. The number of aryl methyl sites for hydroxylation is 1. The minimum absolute atomic E-state index is 0.174. The molecule has 7 heteroatoms. The van der Waals surface area contributed by atoms with Crippen molar-refractivity contribution in [3.05, 3.63) is 77.5 Å². The number of esters is 1. The Morgan fingerprint density at radius 3 is 2.74 bits per heavy atom. The van der Waals surface area contributed by atoms with Crippen molar-refractivity contribution in [3.63, 3.8) is 0 Å². The predicted molar refractivity (Wildman–Crippen MR) is 113 cm³/mol. The van der Waals surface area contributed by atoms with Gasteiger partial charge < -0.3 is 23.2 Å². The molecule has 4 rings (SSSR count). The molecule has 3 heterocycles. The summed E-state index contributed by atoms with van der Waals surface area (Å²) in [4.78, 5) is 24.5. The number of benzene rings is 1. The van der Waals surface area contributed by atoms with Crippen molar-refractivity contribution in [2.45, 2.75) is 26.5 Å². The molecule has 0 spiro atoms. The SMILES string of the molecule is Cc1cc(C(=O)COC(=O)C=Cc2ccco2)c(C)n1CC1COc2ccccc2O1. The molecule has 0 saturated carbocycles. The highest BCUT2D eigenvalue weighted by molar-refractivity contribution is 6.00. The molecule has 160 valence electrons. The fourth-order valence-corrected chi connectivity index (χ4v) is 3.52. The van der Waals surface area contributed by atoms with Gasteiger partial charge in [0.25, 0.3) is 0 Å². The number of para-hydroxylation sites is 2. The van der Waals surface area contributed by atoms with Crippen LogP contribution < -0.4 is 9.47 Å². The maximum atomic E-state index is 12.6. The van der Waals surface area contributed by atoms with Gasteiger partial charge in [0.15, 0.2) is 24.2 Å². The first-order valence-electron chi connectivity index (χ1n) is 9.98. The highest BCUT2D eigenvalue weighted by Crippen LogP contribution is 2.31. The second-order valence-corrected chi connectivity index (χ2v) is 7.27. The Kier molecular flexibility index (Phi) is 5.93. The molecule has 0 aliphatic carbocycles. The lowest BCUT2D eigenvalue weighted by atomic mass is 10.1. The molecular weight excluding hydrogens is 398 g/mol. The second-order valence-electron chi connectivity index (χ2n) is 7.27. The maximum absolute atomic E-state index is 12.6. The largest absolute Gasteiger partial charge is 0.486 e. The third kappa shape index (κ3) is 4.71. The van der Waals surface area contributed by atoms with E-state index >= 15 is 0 Å². The van der Waals surface area contributed by atoms with Crippen LogP contribution in [0.15, 0.2) is 59.2 Å². The van der Waals surface area contributed by atoms with Gasteiger partial charge in [0.1, 0.15) is 12.4 Å². The standard InChI is InChI=1S/C24H23NO6/c1-16-12-20(21(26)15-30-24(27)10-9-18-6-5-11-28-18)17(2)25(16)13-19-14-29-22-7-3-4-8-23(22)31-19/h3-12,19H,13-15H2,1-2H3. The van der Waals surface area contributed by atoms with Crippen LogP contribution in [0.4, 0.5) is 0 Å². The number of fused-ring (bicyclic) bond motifs is 1. The molecule has 1 aliphatic heterocycles. The first-order chi connectivity index (χ1) is 15.0. The van der Waals surface area contributed by atoms with Crippen molar-refractivity contribution < 1.29 is 28.2 Å². The van der Waals surface area contributed by atoms with E-state index in [2.05, 4.69) is 0 Å². The van der Waals surface area contributed by atoms with E-state index in [4.69, 9.17) is 18.6 Å². The number of carbonyl (C=O) groups is 2. The van der Waals surface area contributed by atoms with E-state index < -0.39 is 5.97 Å². The Bertz CT molecular complexity index is 1110. The Morgan fingerprint density at radius 2 is 1.97 bits per heavy atom. The number of hydrogen-bond donors (Lipinski definition) is 0. The number of hydrogen-bond acceptors (Lipinski definition) is 6. The van der Waals surface area contributed by atoms with Crippen LogP contribution in [0.2, 0.25) is 0 Å². The first kappa shape index (κ1) is 20.5. The highest BCUT2D eigenvalue weighted by Gasteiger charge is 2.24. The summed E-state index contributed by atoms with van der Waals surface area (Å²) < 4.78 is 24.0. The van der Waals surface area contributed by atoms with Gasteiger partial charge >= 0.3 is 5.97 Å². The van der Waals surface area contributed by atoms with Crippen molar-refractivity contribution in [3.8, 4) is 11.5 Å². The molecular formula is C24H23NO6. The number of carbonyl (C=O) groups excluding carboxylic acids is 2. The summed E-state index contributed by atoms with van der Waals surface area (Å²) in [5.74, 6) is 1.11. The monoisotopic (exact) mass is 421 g/mol. The molecule has 0 radical (unpaired) electrons. The fourth-order valence-electron chi connectivity index (χ4n) is 3.52. The summed E-state index contributed by atoms with van der Waals surface area (Å²) in [5.41, 5.74) is 2.25. The normalized spacial score (nSPS) is 15.2. The van der Waals surface area contributed by atoms with Crippen LogP contribution in [0.5, 0.6) is 11.5 Å². The molecule has 7 nitrogen and oxygen atoms in total. The molecule has 0 saturated heterocycles. The lowest BCUT2D eigenvalue weighted by Gasteiger charge is -2.27. The Hall–Kier alpha value is -3.74. The number of ether oxygens (including phenoxy) is 3. The number of rotatable bonds is 7. The van der Waals surface area contributed by atoms with Gasteiger partial charge in [-0.25, -0.2) is 4.79 Å². The molecule has 0 fully saturated rings. The average molecular weight is 421 g/mol. The Morgan fingerprint density at radius 1 is 1.16 bits per heavy atom. The van der Waals surface area contributed by atoms with Crippen LogP contribution in [0, 0.1) is 13.8 Å². The number of Topliss-reactive ketones (excluding diaryl/α,β-unsaturated/α-hetero) is 1. The van der Waals surface area contributed by atoms with Gasteiger partial charge in [0.2, 0.25) is 5.78 Å². The zero-order valence-electron chi connectivity index (χ0n) is 17.4. The molecule has 1 aliphatic rings. The van der Waals surface area contributed by atoms with Crippen molar-refractivity contribution in [1.29, 1.82) is 0 Å². The molecule has 1 aromatic carbocycles. The number of nitrogens with zero attached hydrogens (tertiary/aromatic N) is 1. The smallest absolute Gasteiger partial charge is 0.331 e. The summed E-state index contributed by atoms with van der Waals surface area (Å²) >= 11 is 0. The third-order valence-electron chi connectivity index (χ3n) is 5.10. The minimum atomic E-state index is -0.607. The topological polar surface area (TPSA) is 79.9 Å². The van der Waals surface area contributed by atoms with Crippen molar-refractivity contribution in [1.82, 2.24) is 4.57 Å². The lowest BCUT2D eigenvalue weighted by Crippen LogP contribution is -2.33. The molecule has 0 N–H and O–H groups in total. The number of ketones is 1. The number of aromatic nitrogens is 1. The molecule has 1 atom stereocenters. The van der Waals surface area contributed by atoms with Crippen LogP contribution in [-0.4, -0.2) is 35.6 Å².